The van der Waals surface area contributed by atoms with Crippen LogP contribution in [0.3, 0.4) is 0 Å². The maximum atomic E-state index is 9.58. The van der Waals surface area contributed by atoms with Gasteiger partial charge in [-0.2, -0.15) is 0 Å². The molecule has 3 heterocycles. The van der Waals surface area contributed by atoms with Crippen molar-refractivity contribution in [2.75, 3.05) is 13.1 Å². The van der Waals surface area contributed by atoms with Gasteiger partial charge in [0.05, 0.1) is 5.52 Å². The van der Waals surface area contributed by atoms with E-state index in [1.807, 2.05) is 0 Å². The van der Waals surface area contributed by atoms with Gasteiger partial charge < -0.3 is 15.0 Å². The molecule has 122 valence electrons. The molecule has 0 amide bonds. The number of hydrogen-bond acceptors (Lipinski definition) is 2. The lowest BCUT2D eigenvalue weighted by Crippen LogP contribution is -2.08. The first-order chi connectivity index (χ1) is 11.8. The molecule has 1 aromatic heterocycles. The predicted molar refractivity (Wildman–Crippen MR) is 96.7 cm³/mol. The SMILES string of the molecule is Oc1ccc([C@@H]2CNC[C@H]2c2cn3c4c(cccc24)CCC3)cc1. The van der Waals surface area contributed by atoms with Gasteiger partial charge in [-0.1, -0.05) is 30.3 Å². The van der Waals surface area contributed by atoms with E-state index in [0.29, 0.717) is 17.6 Å². The minimum absolute atomic E-state index is 0.341. The molecule has 1 saturated heterocycles. The van der Waals surface area contributed by atoms with E-state index in [9.17, 15) is 5.11 Å². The van der Waals surface area contributed by atoms with Crippen molar-refractivity contribution in [1.82, 2.24) is 9.88 Å². The number of phenols is 1. The van der Waals surface area contributed by atoms with E-state index in [2.05, 4.69) is 46.4 Å². The van der Waals surface area contributed by atoms with E-state index in [0.717, 1.165) is 19.6 Å². The third-order valence-electron chi connectivity index (χ3n) is 5.79. The van der Waals surface area contributed by atoms with E-state index in [-0.39, 0.29) is 0 Å². The van der Waals surface area contributed by atoms with Gasteiger partial charge in [0.25, 0.3) is 0 Å². The van der Waals surface area contributed by atoms with Crippen LogP contribution in [0.15, 0.2) is 48.7 Å². The second-order valence-electron chi connectivity index (χ2n) is 7.16. The highest BCUT2D eigenvalue weighted by Crippen LogP contribution is 2.41. The molecular formula is C21H22N2O. The van der Waals surface area contributed by atoms with Crippen LogP contribution in [-0.4, -0.2) is 22.8 Å². The monoisotopic (exact) mass is 318 g/mol. The highest BCUT2D eigenvalue weighted by molar-refractivity contribution is 5.88. The van der Waals surface area contributed by atoms with Crippen molar-refractivity contribution in [2.24, 2.45) is 0 Å². The molecule has 2 aliphatic heterocycles. The minimum Gasteiger partial charge on any atom is -0.508 e. The maximum Gasteiger partial charge on any atom is 0.115 e. The van der Waals surface area contributed by atoms with E-state index in [4.69, 9.17) is 0 Å². The fourth-order valence-corrected chi connectivity index (χ4v) is 4.66. The van der Waals surface area contributed by atoms with Crippen molar-refractivity contribution in [1.29, 1.82) is 0 Å². The largest absolute Gasteiger partial charge is 0.508 e. The molecule has 0 radical (unpaired) electrons. The van der Waals surface area contributed by atoms with Crippen molar-refractivity contribution in [3.8, 4) is 5.75 Å². The number of hydrogen-bond donors (Lipinski definition) is 2. The highest BCUT2D eigenvalue weighted by Gasteiger charge is 2.32. The first-order valence-electron chi connectivity index (χ1n) is 8.91. The summed E-state index contributed by atoms with van der Waals surface area (Å²) >= 11 is 0. The molecule has 0 saturated carbocycles. The van der Waals surface area contributed by atoms with Gasteiger partial charge in [0.15, 0.2) is 0 Å². The molecule has 5 rings (SSSR count). The summed E-state index contributed by atoms with van der Waals surface area (Å²) < 4.78 is 2.47. The third-order valence-corrected chi connectivity index (χ3v) is 5.79. The van der Waals surface area contributed by atoms with Crippen LogP contribution < -0.4 is 5.32 Å². The number of rotatable bonds is 2. The Balaban J connectivity index is 1.62. The molecule has 2 N–H and O–H groups in total. The highest BCUT2D eigenvalue weighted by atomic mass is 16.3. The summed E-state index contributed by atoms with van der Waals surface area (Å²) in [6.07, 6.45) is 4.84. The average molecular weight is 318 g/mol. The number of aromatic hydroxyl groups is 1. The summed E-state index contributed by atoms with van der Waals surface area (Å²) in [6, 6.07) is 14.6. The number of aromatic nitrogens is 1. The maximum absolute atomic E-state index is 9.58. The molecule has 0 aliphatic carbocycles. The van der Waals surface area contributed by atoms with Gasteiger partial charge in [-0.15, -0.1) is 0 Å². The lowest BCUT2D eigenvalue weighted by Gasteiger charge is -2.19. The predicted octanol–water partition coefficient (Wildman–Crippen LogP) is 3.76. The number of phenolic OH excluding ortho intramolecular Hbond substituents is 1. The summed E-state index contributed by atoms with van der Waals surface area (Å²) in [4.78, 5) is 0. The Morgan fingerprint density at radius 3 is 2.71 bits per heavy atom. The standard InChI is InChI=1S/C21H22N2O/c24-16-8-6-14(7-9-16)18-11-22-12-19(18)20-13-23-10-2-4-15-3-1-5-17(20)21(15)23/h1,3,5-9,13,18-19,22,24H,2,4,10-12H2/t18-,19+/m0/s1. The lowest BCUT2D eigenvalue weighted by molar-refractivity contribution is 0.474. The van der Waals surface area contributed by atoms with Crippen LogP contribution in [-0.2, 0) is 13.0 Å². The molecule has 0 spiro atoms. The van der Waals surface area contributed by atoms with Crippen LogP contribution in [0.1, 0.15) is 34.9 Å². The van der Waals surface area contributed by atoms with E-state index >= 15 is 0 Å². The molecule has 1 fully saturated rings. The fraction of sp³-hybridized carbons (Fsp3) is 0.333. The van der Waals surface area contributed by atoms with Crippen LogP contribution >= 0.6 is 0 Å². The zero-order valence-corrected chi connectivity index (χ0v) is 13.7. The number of aryl methyl sites for hydroxylation is 2. The molecule has 0 unspecified atom stereocenters. The Kier molecular flexibility index (Phi) is 3.17. The number of nitrogens with zero attached hydrogens (tertiary/aromatic N) is 1. The lowest BCUT2D eigenvalue weighted by atomic mass is 9.84. The summed E-state index contributed by atoms with van der Waals surface area (Å²) in [5, 5.41) is 14.6. The Labute approximate surface area is 141 Å². The first kappa shape index (κ1) is 14.1. The average Bonchev–Trinajstić information content (AvgIpc) is 3.22. The van der Waals surface area contributed by atoms with E-state index in [1.165, 1.54) is 40.4 Å². The zero-order chi connectivity index (χ0) is 16.1. The molecule has 0 bridgehead atoms. The normalized spacial score (nSPS) is 23.0. The topological polar surface area (TPSA) is 37.2 Å². The van der Waals surface area contributed by atoms with E-state index in [1.54, 1.807) is 12.1 Å². The van der Waals surface area contributed by atoms with Crippen LogP contribution in [0.2, 0.25) is 0 Å². The van der Waals surface area contributed by atoms with E-state index < -0.39 is 0 Å². The van der Waals surface area contributed by atoms with Crippen LogP contribution in [0.25, 0.3) is 10.9 Å². The molecule has 3 heteroatoms. The zero-order valence-electron chi connectivity index (χ0n) is 13.7. The van der Waals surface area contributed by atoms with Gasteiger partial charge >= 0.3 is 0 Å². The van der Waals surface area contributed by atoms with Gasteiger partial charge in [-0.25, -0.2) is 0 Å². The summed E-state index contributed by atoms with van der Waals surface area (Å²) in [5.74, 6) is 1.30. The van der Waals surface area contributed by atoms with Gasteiger partial charge in [0, 0.05) is 43.1 Å². The van der Waals surface area contributed by atoms with Crippen LogP contribution in [0.5, 0.6) is 5.75 Å². The molecule has 3 aromatic rings. The van der Waals surface area contributed by atoms with Gasteiger partial charge in [-0.05, 0) is 41.7 Å². The van der Waals surface area contributed by atoms with Crippen molar-refractivity contribution in [3.63, 3.8) is 0 Å². The summed E-state index contributed by atoms with van der Waals surface area (Å²) in [6.45, 7) is 3.16. The second kappa shape index (κ2) is 5.38. The molecule has 2 aromatic carbocycles. The Hall–Kier alpha value is -2.26. The second-order valence-corrected chi connectivity index (χ2v) is 7.16. The van der Waals surface area contributed by atoms with Gasteiger partial charge in [0.2, 0.25) is 0 Å². The van der Waals surface area contributed by atoms with Gasteiger partial charge in [0.1, 0.15) is 5.75 Å². The number of benzene rings is 2. The van der Waals surface area contributed by atoms with Crippen molar-refractivity contribution in [3.05, 3.63) is 65.4 Å². The molecule has 2 aliphatic rings. The minimum atomic E-state index is 0.341. The third kappa shape index (κ3) is 2.08. The fourth-order valence-electron chi connectivity index (χ4n) is 4.66. The summed E-state index contributed by atoms with van der Waals surface area (Å²) in [7, 11) is 0. The van der Waals surface area contributed by atoms with Gasteiger partial charge in [-0.3, -0.25) is 0 Å². The Morgan fingerprint density at radius 1 is 1.00 bits per heavy atom. The van der Waals surface area contributed by atoms with Crippen molar-refractivity contribution < 1.29 is 5.11 Å². The smallest absolute Gasteiger partial charge is 0.115 e. The molecular weight excluding hydrogens is 296 g/mol. The van der Waals surface area contributed by atoms with Crippen molar-refractivity contribution >= 4 is 10.9 Å². The summed E-state index contributed by atoms with van der Waals surface area (Å²) in [5.41, 5.74) is 5.75. The van der Waals surface area contributed by atoms with Crippen molar-refractivity contribution in [2.45, 2.75) is 31.2 Å². The van der Waals surface area contributed by atoms with Crippen LogP contribution in [0, 0.1) is 0 Å². The molecule has 24 heavy (non-hydrogen) atoms. The molecule has 3 nitrogen and oxygen atoms in total. The first-order valence-corrected chi connectivity index (χ1v) is 8.91. The number of nitrogens with one attached hydrogen (secondary N) is 1. The molecule has 2 atom stereocenters. The Bertz CT molecular complexity index is 894. The van der Waals surface area contributed by atoms with Crippen LogP contribution in [0.4, 0.5) is 0 Å². The quantitative estimate of drug-likeness (QED) is 0.755. The Morgan fingerprint density at radius 2 is 1.83 bits per heavy atom. The number of para-hydroxylation sites is 1.